The molecule has 0 bridgehead atoms. The van der Waals surface area contributed by atoms with Gasteiger partial charge in [-0.2, -0.15) is 0 Å². The summed E-state index contributed by atoms with van der Waals surface area (Å²) in [5.41, 5.74) is -3.66. The molecule has 46 valence electrons. The van der Waals surface area contributed by atoms with Crippen molar-refractivity contribution in [1.29, 1.82) is 0 Å². The summed E-state index contributed by atoms with van der Waals surface area (Å²) in [7, 11) is 0. The molecule has 0 aromatic rings. The van der Waals surface area contributed by atoms with E-state index in [0.29, 0.717) is 0 Å². The van der Waals surface area contributed by atoms with E-state index in [1.54, 1.807) is 0 Å². The van der Waals surface area contributed by atoms with Crippen molar-refractivity contribution in [1.82, 2.24) is 0 Å². The molecule has 0 aliphatic carbocycles. The Morgan fingerprint density at radius 3 is 3.12 bits per heavy atom. The van der Waals surface area contributed by atoms with E-state index in [4.69, 9.17) is 15.1 Å². The van der Waals surface area contributed by atoms with Gasteiger partial charge in [0.05, 0.1) is 0 Å². The summed E-state index contributed by atoms with van der Waals surface area (Å²) in [6, 6.07) is 0. The zero-order chi connectivity index (χ0) is 15.7. The SMILES string of the molecule is [2H]C1=[N+]([O-])C(C([2H])([2H])[2H])(C([2H])([2H])[2H])C([2H])([2H])C1([2H])[2H]. The third kappa shape index (κ3) is 0.703. The van der Waals surface area contributed by atoms with Crippen molar-refractivity contribution in [3.63, 3.8) is 0 Å². The van der Waals surface area contributed by atoms with Crippen LogP contribution in [0.5, 0.6) is 0 Å². The number of rotatable bonds is 0. The Labute approximate surface area is 64.9 Å². The lowest BCUT2D eigenvalue weighted by atomic mass is 10.0. The maximum Gasteiger partial charge on any atom is 0.167 e. The summed E-state index contributed by atoms with van der Waals surface area (Å²) < 4.78 is 79.5. The summed E-state index contributed by atoms with van der Waals surface area (Å²) in [6.45, 7) is -7.31. The Kier molecular flexibility index (Phi) is 0.169. The Hall–Kier alpha value is -0.530. The lowest BCUT2D eigenvalue weighted by Gasteiger charge is -2.16. The second-order valence-electron chi connectivity index (χ2n) is 1.37. The highest BCUT2D eigenvalue weighted by Gasteiger charge is 2.29. The zero-order valence-electron chi connectivity index (χ0n) is 14.9. The van der Waals surface area contributed by atoms with E-state index in [1.165, 1.54) is 0 Å². The van der Waals surface area contributed by atoms with E-state index in [2.05, 4.69) is 0 Å². The quantitative estimate of drug-likeness (QED) is 0.351. The topological polar surface area (TPSA) is 26.1 Å². The van der Waals surface area contributed by atoms with Gasteiger partial charge in [0.1, 0.15) is 1.37 Å². The van der Waals surface area contributed by atoms with Gasteiger partial charge >= 0.3 is 0 Å². The van der Waals surface area contributed by atoms with Crippen LogP contribution in [0, 0.1) is 5.21 Å². The lowest BCUT2D eigenvalue weighted by Crippen LogP contribution is -2.27. The van der Waals surface area contributed by atoms with Gasteiger partial charge in [0.2, 0.25) is 0 Å². The van der Waals surface area contributed by atoms with E-state index in [-0.39, 0.29) is 0 Å². The van der Waals surface area contributed by atoms with E-state index in [0.717, 1.165) is 0 Å². The normalized spacial score (nSPS) is 62.8. The molecule has 0 fully saturated rings. The van der Waals surface area contributed by atoms with Crippen LogP contribution in [0.15, 0.2) is 0 Å². The van der Waals surface area contributed by atoms with Gasteiger partial charge in [-0.3, -0.25) is 0 Å². The van der Waals surface area contributed by atoms with Gasteiger partial charge in [0.15, 0.2) is 11.7 Å². The molecule has 2 heteroatoms. The summed E-state index contributed by atoms with van der Waals surface area (Å²) in [4.78, 5) is 0. The van der Waals surface area contributed by atoms with Crippen molar-refractivity contribution in [3.8, 4) is 0 Å². The molecule has 0 spiro atoms. The average molecular weight is 124 g/mol. The second-order valence-corrected chi connectivity index (χ2v) is 1.37. The number of nitrogens with zero attached hydrogens (tertiary/aromatic N) is 1. The molecular formula is C6H11NO. The molecule has 1 aliphatic rings. The molecule has 2 nitrogen and oxygen atoms in total. The Balaban J connectivity index is 3.87. The van der Waals surface area contributed by atoms with Crippen molar-refractivity contribution < 1.29 is 19.8 Å². The van der Waals surface area contributed by atoms with E-state index >= 15 is 0 Å². The summed E-state index contributed by atoms with van der Waals surface area (Å²) >= 11 is 0. The van der Waals surface area contributed by atoms with Crippen molar-refractivity contribution in [2.45, 2.75) is 32.0 Å². The molecule has 0 saturated carbocycles. The maximum atomic E-state index is 11.8. The molecule has 1 heterocycles. The third-order valence-corrected chi connectivity index (χ3v) is 0.705. The molecular weight excluding hydrogens is 102 g/mol. The minimum absolute atomic E-state index is 0.854. The van der Waals surface area contributed by atoms with E-state index in [1.807, 2.05) is 0 Å². The second kappa shape index (κ2) is 1.47. The van der Waals surface area contributed by atoms with Crippen LogP contribution in [0.1, 0.15) is 41.5 Å². The molecule has 8 heavy (non-hydrogen) atoms. The van der Waals surface area contributed by atoms with E-state index < -0.39 is 42.9 Å². The highest BCUT2D eigenvalue weighted by molar-refractivity contribution is 5.53. The van der Waals surface area contributed by atoms with Crippen LogP contribution < -0.4 is 0 Å². The Morgan fingerprint density at radius 2 is 2.88 bits per heavy atom. The fraction of sp³-hybridized carbons (Fsp3) is 0.833. The van der Waals surface area contributed by atoms with Crippen LogP contribution in [-0.4, -0.2) is 16.5 Å². The average Bonchev–Trinajstić information content (AvgIpc) is 2.20. The predicted octanol–water partition coefficient (Wildman–Crippen LogP) is 1.14. The molecule has 0 aromatic heterocycles. The van der Waals surface area contributed by atoms with Gasteiger partial charge in [0, 0.05) is 40.2 Å². The highest BCUT2D eigenvalue weighted by Crippen LogP contribution is 2.19. The fourth-order valence-corrected chi connectivity index (χ4v) is 0.304. The van der Waals surface area contributed by atoms with Crippen LogP contribution in [0.25, 0.3) is 0 Å². The minimum Gasteiger partial charge on any atom is -0.624 e. The predicted molar refractivity (Wildman–Crippen MR) is 33.0 cm³/mol. The lowest BCUT2D eigenvalue weighted by molar-refractivity contribution is -0.527. The molecule has 1 aliphatic heterocycles. The fourth-order valence-electron chi connectivity index (χ4n) is 0.304. The first-order chi connectivity index (χ1) is 8.07. The third-order valence-electron chi connectivity index (χ3n) is 0.705. The van der Waals surface area contributed by atoms with Crippen LogP contribution in [-0.2, 0) is 0 Å². The maximum absolute atomic E-state index is 11.8. The van der Waals surface area contributed by atoms with Crippen molar-refractivity contribution in [2.75, 3.05) is 0 Å². The number of hydrogen-bond acceptors (Lipinski definition) is 1. The Morgan fingerprint density at radius 1 is 2.12 bits per heavy atom. The van der Waals surface area contributed by atoms with Crippen molar-refractivity contribution in [2.24, 2.45) is 0 Å². The molecule has 0 atom stereocenters. The zero-order valence-corrected chi connectivity index (χ0v) is 3.86. The molecule has 0 saturated heterocycles. The molecule has 1 rings (SSSR count). The standard InChI is InChI=1S/C6H11NO/c1-6(2)4-3-5-7(6)8/h5H,3-4H2,1-2H3/i1D3,2D3,3D2,4D2,5D. The van der Waals surface area contributed by atoms with Crippen LogP contribution >= 0.6 is 0 Å². The number of hydrogen-bond donors (Lipinski definition) is 0. The van der Waals surface area contributed by atoms with Gasteiger partial charge in [-0.05, 0) is 0 Å². The molecule has 0 radical (unpaired) electrons. The van der Waals surface area contributed by atoms with Crippen LogP contribution in [0.2, 0.25) is 0 Å². The van der Waals surface area contributed by atoms with Crippen molar-refractivity contribution >= 4 is 6.19 Å². The van der Waals surface area contributed by atoms with Gasteiger partial charge in [-0.15, -0.1) is 0 Å². The largest absolute Gasteiger partial charge is 0.624 e. The highest BCUT2D eigenvalue weighted by atomic mass is 16.5. The molecule has 0 unspecified atom stereocenters. The summed E-state index contributed by atoms with van der Waals surface area (Å²) in [5.74, 6) is 0. The summed E-state index contributed by atoms with van der Waals surface area (Å²) in [5, 5.41) is 11.8. The van der Waals surface area contributed by atoms with Crippen molar-refractivity contribution in [3.05, 3.63) is 5.21 Å². The molecule has 0 N–H and O–H groups in total. The van der Waals surface area contributed by atoms with Crippen LogP contribution in [0.4, 0.5) is 0 Å². The first-order valence-corrected chi connectivity index (χ1v) is 1.88. The van der Waals surface area contributed by atoms with Gasteiger partial charge in [0.25, 0.3) is 0 Å². The van der Waals surface area contributed by atoms with Gasteiger partial charge in [-0.1, -0.05) is 0 Å². The number of hydroxylamine groups is 1. The van der Waals surface area contributed by atoms with Gasteiger partial charge < -0.3 is 5.21 Å². The summed E-state index contributed by atoms with van der Waals surface area (Å²) in [6.07, 6.45) is -8.46. The first kappa shape index (κ1) is 0.917. The smallest absolute Gasteiger partial charge is 0.167 e. The molecule has 0 amide bonds. The van der Waals surface area contributed by atoms with Gasteiger partial charge in [-0.25, -0.2) is 4.74 Å². The monoisotopic (exact) mass is 124 g/mol. The van der Waals surface area contributed by atoms with Crippen LogP contribution in [0.3, 0.4) is 0 Å². The molecule has 0 aromatic carbocycles. The first-order valence-electron chi connectivity index (χ1n) is 7.38. The minimum atomic E-state index is -3.66. The van der Waals surface area contributed by atoms with E-state index in [9.17, 15) is 5.21 Å². The Bertz CT molecular complexity index is 415.